The van der Waals surface area contributed by atoms with Crippen LogP contribution in [-0.2, 0) is 0 Å². The van der Waals surface area contributed by atoms with Crippen molar-refractivity contribution in [1.82, 2.24) is 9.38 Å². The minimum Gasteiger partial charge on any atom is -0.397 e. The molecule has 0 atom stereocenters. The molecule has 4 rings (SSSR count). The smallest absolute Gasteiger partial charge is 0.255 e. The standard InChI is InChI=1S/C24H24FN5O/c1-24(2,3)29-22-21(28-20-9-4-5-12-30(20)22)15-7-6-8-16(13-15)23(31)27-19-11-10-17(25)14-18(19)26/h4-14,29H,26H2,1-3H3,(H,27,31). The molecule has 2 aromatic carbocycles. The highest BCUT2D eigenvalue weighted by Gasteiger charge is 2.20. The van der Waals surface area contributed by atoms with E-state index in [0.29, 0.717) is 11.3 Å². The fraction of sp³-hybridized carbons (Fsp3) is 0.167. The van der Waals surface area contributed by atoms with Crippen LogP contribution in [0.2, 0.25) is 0 Å². The van der Waals surface area contributed by atoms with Crippen LogP contribution in [0.15, 0.2) is 66.9 Å². The summed E-state index contributed by atoms with van der Waals surface area (Å²) in [7, 11) is 0. The summed E-state index contributed by atoms with van der Waals surface area (Å²) in [5, 5.41) is 6.26. The van der Waals surface area contributed by atoms with Crippen molar-refractivity contribution in [3.05, 3.63) is 78.2 Å². The van der Waals surface area contributed by atoms with Gasteiger partial charge in [-0.05, 0) is 63.2 Å². The van der Waals surface area contributed by atoms with E-state index in [1.165, 1.54) is 18.2 Å². The second-order valence-corrected chi connectivity index (χ2v) is 8.38. The zero-order valence-corrected chi connectivity index (χ0v) is 17.6. The monoisotopic (exact) mass is 417 g/mol. The van der Waals surface area contributed by atoms with Crippen LogP contribution < -0.4 is 16.4 Å². The van der Waals surface area contributed by atoms with Gasteiger partial charge in [-0.1, -0.05) is 18.2 Å². The highest BCUT2D eigenvalue weighted by molar-refractivity contribution is 6.06. The molecule has 4 aromatic rings. The predicted molar refractivity (Wildman–Crippen MR) is 123 cm³/mol. The lowest BCUT2D eigenvalue weighted by molar-refractivity contribution is 0.102. The summed E-state index contributed by atoms with van der Waals surface area (Å²) in [5.74, 6) is 0.0564. The average Bonchev–Trinajstić information content (AvgIpc) is 3.07. The minimum atomic E-state index is -0.455. The molecule has 31 heavy (non-hydrogen) atoms. The second-order valence-electron chi connectivity index (χ2n) is 8.38. The Bertz CT molecular complexity index is 1270. The second kappa shape index (κ2) is 7.75. The number of carbonyl (C=O) groups is 1. The van der Waals surface area contributed by atoms with E-state index in [1.807, 2.05) is 40.9 Å². The van der Waals surface area contributed by atoms with Crippen LogP contribution in [0, 0.1) is 5.82 Å². The Hall–Kier alpha value is -3.87. The lowest BCUT2D eigenvalue weighted by Crippen LogP contribution is -2.27. The van der Waals surface area contributed by atoms with Crippen molar-refractivity contribution in [2.75, 3.05) is 16.4 Å². The summed E-state index contributed by atoms with van der Waals surface area (Å²) in [6.45, 7) is 6.24. The maximum Gasteiger partial charge on any atom is 0.255 e. The molecule has 2 aromatic heterocycles. The van der Waals surface area contributed by atoms with Gasteiger partial charge in [-0.25, -0.2) is 9.37 Å². The maximum atomic E-state index is 13.3. The van der Waals surface area contributed by atoms with Gasteiger partial charge in [0.05, 0.1) is 11.4 Å². The molecule has 6 nitrogen and oxygen atoms in total. The first-order valence-electron chi connectivity index (χ1n) is 9.93. The number of hydrogen-bond acceptors (Lipinski definition) is 4. The molecule has 0 bridgehead atoms. The third-order valence-corrected chi connectivity index (χ3v) is 4.68. The number of imidazole rings is 1. The average molecular weight is 417 g/mol. The summed E-state index contributed by atoms with van der Waals surface area (Å²) in [4.78, 5) is 17.6. The van der Waals surface area contributed by atoms with Crippen LogP contribution >= 0.6 is 0 Å². The number of fused-ring (bicyclic) bond motifs is 1. The molecule has 0 aliphatic rings. The molecule has 158 valence electrons. The number of nitrogen functional groups attached to an aromatic ring is 1. The molecule has 4 N–H and O–H groups in total. The van der Waals surface area contributed by atoms with Gasteiger partial charge in [0.1, 0.15) is 23.0 Å². The third-order valence-electron chi connectivity index (χ3n) is 4.68. The SMILES string of the molecule is CC(C)(C)Nc1c(-c2cccc(C(=O)Nc3ccc(F)cc3N)c2)nc2ccccn12. The third kappa shape index (κ3) is 4.35. The van der Waals surface area contributed by atoms with E-state index < -0.39 is 5.82 Å². The number of nitrogens with one attached hydrogen (secondary N) is 2. The number of nitrogens with two attached hydrogens (primary N) is 1. The van der Waals surface area contributed by atoms with E-state index in [2.05, 4.69) is 31.4 Å². The first-order valence-corrected chi connectivity index (χ1v) is 9.93. The minimum absolute atomic E-state index is 0.168. The lowest BCUT2D eigenvalue weighted by atomic mass is 10.1. The number of hydrogen-bond donors (Lipinski definition) is 3. The molecule has 0 saturated carbocycles. The molecular formula is C24H24FN5O. The summed E-state index contributed by atoms with van der Waals surface area (Å²) >= 11 is 0. The molecule has 0 spiro atoms. The van der Waals surface area contributed by atoms with Gasteiger partial charge in [0.2, 0.25) is 0 Å². The number of pyridine rings is 1. The van der Waals surface area contributed by atoms with Gasteiger partial charge in [0.25, 0.3) is 5.91 Å². The molecule has 1 amide bonds. The molecule has 0 unspecified atom stereocenters. The lowest BCUT2D eigenvalue weighted by Gasteiger charge is -2.22. The van der Waals surface area contributed by atoms with Crippen molar-refractivity contribution in [1.29, 1.82) is 0 Å². The van der Waals surface area contributed by atoms with Crippen LogP contribution in [0.25, 0.3) is 16.9 Å². The first-order chi connectivity index (χ1) is 14.7. The highest BCUT2D eigenvalue weighted by Crippen LogP contribution is 2.31. The predicted octanol–water partition coefficient (Wildman–Crippen LogP) is 5.19. The Labute approximate surface area is 179 Å². The Morgan fingerprint density at radius 2 is 1.87 bits per heavy atom. The van der Waals surface area contributed by atoms with Gasteiger partial charge < -0.3 is 16.4 Å². The number of aromatic nitrogens is 2. The molecule has 2 heterocycles. The number of nitrogens with zero attached hydrogens (tertiary/aromatic N) is 2. The molecule has 7 heteroatoms. The van der Waals surface area contributed by atoms with Crippen LogP contribution in [0.1, 0.15) is 31.1 Å². The Kier molecular flexibility index (Phi) is 5.10. The normalized spacial score (nSPS) is 11.5. The fourth-order valence-corrected chi connectivity index (χ4v) is 3.32. The van der Waals surface area contributed by atoms with Gasteiger partial charge >= 0.3 is 0 Å². The number of halogens is 1. The fourth-order valence-electron chi connectivity index (χ4n) is 3.32. The van der Waals surface area contributed by atoms with E-state index in [9.17, 15) is 9.18 Å². The van der Waals surface area contributed by atoms with Gasteiger partial charge in [-0.15, -0.1) is 0 Å². The van der Waals surface area contributed by atoms with Crippen LogP contribution in [0.4, 0.5) is 21.6 Å². The van der Waals surface area contributed by atoms with Crippen molar-refractivity contribution in [2.45, 2.75) is 26.3 Å². The van der Waals surface area contributed by atoms with E-state index >= 15 is 0 Å². The quantitative estimate of drug-likeness (QED) is 0.399. The number of benzene rings is 2. The molecule has 0 saturated heterocycles. The number of carbonyl (C=O) groups excluding carboxylic acids is 1. The summed E-state index contributed by atoms with van der Waals surface area (Å²) in [5.41, 5.74) is 8.96. The molecule has 0 aliphatic carbocycles. The zero-order chi connectivity index (χ0) is 22.2. The van der Waals surface area contributed by atoms with Crippen molar-refractivity contribution >= 4 is 28.7 Å². The largest absolute Gasteiger partial charge is 0.397 e. The molecule has 0 aliphatic heterocycles. The van der Waals surface area contributed by atoms with E-state index in [4.69, 9.17) is 10.7 Å². The first kappa shape index (κ1) is 20.4. The Balaban J connectivity index is 1.72. The molecular weight excluding hydrogens is 393 g/mol. The maximum absolute atomic E-state index is 13.3. The van der Waals surface area contributed by atoms with Crippen molar-refractivity contribution in [3.8, 4) is 11.3 Å². The van der Waals surface area contributed by atoms with Gasteiger partial charge in [-0.2, -0.15) is 0 Å². The van der Waals surface area contributed by atoms with Crippen LogP contribution in [0.3, 0.4) is 0 Å². The van der Waals surface area contributed by atoms with E-state index in [0.717, 1.165) is 22.7 Å². The zero-order valence-electron chi connectivity index (χ0n) is 17.6. The highest BCUT2D eigenvalue weighted by atomic mass is 19.1. The van der Waals surface area contributed by atoms with Crippen molar-refractivity contribution in [3.63, 3.8) is 0 Å². The van der Waals surface area contributed by atoms with E-state index in [1.54, 1.807) is 12.1 Å². The van der Waals surface area contributed by atoms with Gasteiger partial charge in [0, 0.05) is 22.9 Å². The summed E-state index contributed by atoms with van der Waals surface area (Å²) in [6.07, 6.45) is 1.95. The Morgan fingerprint density at radius 1 is 1.06 bits per heavy atom. The van der Waals surface area contributed by atoms with Crippen molar-refractivity contribution in [2.24, 2.45) is 0 Å². The van der Waals surface area contributed by atoms with Crippen molar-refractivity contribution < 1.29 is 9.18 Å². The number of amides is 1. The molecule has 0 radical (unpaired) electrons. The number of anilines is 3. The van der Waals surface area contributed by atoms with Crippen LogP contribution in [-0.4, -0.2) is 20.8 Å². The topological polar surface area (TPSA) is 84.5 Å². The summed E-state index contributed by atoms with van der Waals surface area (Å²) < 4.78 is 15.3. The van der Waals surface area contributed by atoms with E-state index in [-0.39, 0.29) is 17.1 Å². The van der Waals surface area contributed by atoms with Gasteiger partial charge in [0.15, 0.2) is 0 Å². The molecule has 0 fully saturated rings. The number of rotatable bonds is 4. The van der Waals surface area contributed by atoms with Gasteiger partial charge in [-0.3, -0.25) is 9.20 Å². The Morgan fingerprint density at radius 3 is 2.61 bits per heavy atom. The summed E-state index contributed by atoms with van der Waals surface area (Å²) in [6, 6.07) is 16.9. The van der Waals surface area contributed by atoms with Crippen LogP contribution in [0.5, 0.6) is 0 Å².